The summed E-state index contributed by atoms with van der Waals surface area (Å²) in [5.74, 6) is 0.911. The minimum atomic E-state index is 0.102. The zero-order valence-corrected chi connectivity index (χ0v) is 11.0. The summed E-state index contributed by atoms with van der Waals surface area (Å²) in [6, 6.07) is 6.73. The third-order valence-electron chi connectivity index (χ3n) is 2.04. The van der Waals surface area contributed by atoms with Gasteiger partial charge in [0.15, 0.2) is 6.61 Å². The number of rotatable bonds is 3. The Labute approximate surface area is 112 Å². The Kier molecular flexibility index (Phi) is 3.81. The van der Waals surface area contributed by atoms with Gasteiger partial charge in [0.2, 0.25) is 0 Å². The second-order valence-electron chi connectivity index (χ2n) is 3.23. The van der Waals surface area contributed by atoms with Crippen LogP contribution in [0.25, 0.3) is 0 Å². The number of hydrogen-bond donors (Lipinski definition) is 0. The lowest BCUT2D eigenvalue weighted by Crippen LogP contribution is -2.33. The third kappa shape index (κ3) is 3.08. The van der Waals surface area contributed by atoms with Crippen molar-refractivity contribution in [1.29, 1.82) is 0 Å². The fourth-order valence-corrected chi connectivity index (χ4v) is 2.02. The van der Waals surface area contributed by atoms with E-state index < -0.39 is 0 Å². The highest BCUT2D eigenvalue weighted by atomic mass is 79.9. The third-order valence-corrected chi connectivity index (χ3v) is 2.89. The number of aromatic nitrogens is 2. The van der Waals surface area contributed by atoms with Crippen molar-refractivity contribution < 1.29 is 9.47 Å². The average molecular weight is 316 g/mol. The smallest absolute Gasteiger partial charge is 0.339 e. The summed E-state index contributed by atoms with van der Waals surface area (Å²) in [5, 5.41) is 11.9. The minimum Gasteiger partial charge on any atom is -0.711 e. The van der Waals surface area contributed by atoms with Gasteiger partial charge in [0, 0.05) is 11.1 Å². The van der Waals surface area contributed by atoms with E-state index in [1.807, 2.05) is 0 Å². The Bertz CT molecular complexity index is 537. The van der Waals surface area contributed by atoms with Crippen LogP contribution in [-0.2, 0) is 6.61 Å². The molecular weight excluding hydrogens is 307 g/mol. The lowest BCUT2D eigenvalue weighted by atomic mass is 10.3. The van der Waals surface area contributed by atoms with Crippen LogP contribution in [0, 0.1) is 5.21 Å². The molecule has 1 heterocycles. The molecule has 0 radical (unpaired) electrons. The van der Waals surface area contributed by atoms with Gasteiger partial charge in [-0.3, -0.25) is 0 Å². The van der Waals surface area contributed by atoms with E-state index in [9.17, 15) is 5.21 Å². The fraction of sp³-hybridized carbons (Fsp3) is 0.0909. The van der Waals surface area contributed by atoms with Crippen LogP contribution in [-0.4, -0.2) is 4.98 Å². The second-order valence-corrected chi connectivity index (χ2v) is 4.52. The zero-order chi connectivity index (χ0) is 12.3. The first-order chi connectivity index (χ1) is 8.16. The lowest BCUT2D eigenvalue weighted by Gasteiger charge is -2.08. The van der Waals surface area contributed by atoms with E-state index in [-0.39, 0.29) is 6.61 Å². The zero-order valence-electron chi connectivity index (χ0n) is 8.64. The Morgan fingerprint density at radius 1 is 1.47 bits per heavy atom. The Balaban J connectivity index is 2.10. The number of benzene rings is 1. The van der Waals surface area contributed by atoms with Gasteiger partial charge in [0.25, 0.3) is 0 Å². The minimum absolute atomic E-state index is 0.102. The summed E-state index contributed by atoms with van der Waals surface area (Å²) < 4.78 is 6.87. The maximum absolute atomic E-state index is 11.3. The van der Waals surface area contributed by atoms with Crippen molar-refractivity contribution in [3.8, 4) is 5.75 Å². The molecule has 4 nitrogen and oxygen atoms in total. The largest absolute Gasteiger partial charge is 0.711 e. The summed E-state index contributed by atoms with van der Waals surface area (Å²) in [6.45, 7) is 0.102. The van der Waals surface area contributed by atoms with E-state index in [0.717, 1.165) is 4.47 Å². The van der Waals surface area contributed by atoms with E-state index in [1.165, 1.54) is 6.20 Å². The van der Waals surface area contributed by atoms with Crippen molar-refractivity contribution in [3.05, 3.63) is 57.2 Å². The summed E-state index contributed by atoms with van der Waals surface area (Å²) in [7, 11) is 0. The van der Waals surface area contributed by atoms with E-state index in [1.54, 1.807) is 30.5 Å². The molecule has 0 aliphatic rings. The SMILES string of the molecule is [O-][n+]1cccnc1COc1ccc(Cl)cc1Br. The van der Waals surface area contributed by atoms with Gasteiger partial charge in [-0.05, 0) is 39.1 Å². The molecule has 0 spiro atoms. The van der Waals surface area contributed by atoms with Crippen LogP contribution in [0.3, 0.4) is 0 Å². The molecule has 0 N–H and O–H groups in total. The second kappa shape index (κ2) is 5.33. The molecule has 88 valence electrons. The Morgan fingerprint density at radius 2 is 2.29 bits per heavy atom. The van der Waals surface area contributed by atoms with Crippen LogP contribution in [0.2, 0.25) is 5.02 Å². The molecule has 2 aromatic rings. The first kappa shape index (κ1) is 12.1. The van der Waals surface area contributed by atoms with Crippen molar-refractivity contribution in [2.75, 3.05) is 0 Å². The first-order valence-corrected chi connectivity index (χ1v) is 5.95. The van der Waals surface area contributed by atoms with Crippen molar-refractivity contribution in [3.63, 3.8) is 0 Å². The van der Waals surface area contributed by atoms with Gasteiger partial charge in [-0.25, -0.2) is 4.73 Å². The highest BCUT2D eigenvalue weighted by Crippen LogP contribution is 2.28. The van der Waals surface area contributed by atoms with Gasteiger partial charge in [0.05, 0.1) is 10.7 Å². The number of hydrogen-bond acceptors (Lipinski definition) is 3. The first-order valence-electron chi connectivity index (χ1n) is 4.78. The standard InChI is InChI=1S/C11H8BrClN2O2/c12-9-6-8(13)2-3-10(9)17-7-11-14-4-1-5-15(11)16/h1-6H,7H2. The molecule has 1 aromatic heterocycles. The topological polar surface area (TPSA) is 49.1 Å². The van der Waals surface area contributed by atoms with E-state index >= 15 is 0 Å². The molecule has 0 unspecified atom stereocenters. The van der Waals surface area contributed by atoms with Crippen LogP contribution in [0.5, 0.6) is 5.75 Å². The molecular formula is C11H8BrClN2O2. The Hall–Kier alpha value is -1.33. The normalized spacial score (nSPS) is 10.2. The number of nitrogens with zero attached hydrogens (tertiary/aromatic N) is 2. The predicted octanol–water partition coefficient (Wildman–Crippen LogP) is 2.71. The monoisotopic (exact) mass is 314 g/mol. The molecule has 6 heteroatoms. The van der Waals surface area contributed by atoms with Gasteiger partial charge in [-0.2, -0.15) is 0 Å². The molecule has 0 atom stereocenters. The summed E-state index contributed by atoms with van der Waals surface area (Å²) in [5.41, 5.74) is 0. The van der Waals surface area contributed by atoms with Crippen molar-refractivity contribution >= 4 is 27.5 Å². The molecule has 0 amide bonds. The van der Waals surface area contributed by atoms with Gasteiger partial charge in [-0.15, -0.1) is 0 Å². The fourth-order valence-electron chi connectivity index (χ4n) is 1.22. The molecule has 1 aromatic carbocycles. The van der Waals surface area contributed by atoms with Gasteiger partial charge >= 0.3 is 5.82 Å². The quantitative estimate of drug-likeness (QED) is 0.646. The van der Waals surface area contributed by atoms with E-state index in [0.29, 0.717) is 21.3 Å². The maximum atomic E-state index is 11.3. The maximum Gasteiger partial charge on any atom is 0.339 e. The molecule has 0 bridgehead atoms. The van der Waals surface area contributed by atoms with Crippen molar-refractivity contribution in [2.45, 2.75) is 6.61 Å². The Morgan fingerprint density at radius 3 is 3.00 bits per heavy atom. The van der Waals surface area contributed by atoms with Crippen LogP contribution in [0.15, 0.2) is 41.1 Å². The highest BCUT2D eigenvalue weighted by molar-refractivity contribution is 9.10. The summed E-state index contributed by atoms with van der Waals surface area (Å²) in [4.78, 5) is 3.92. The van der Waals surface area contributed by atoms with Crippen LogP contribution in [0.4, 0.5) is 0 Å². The van der Waals surface area contributed by atoms with Crippen LogP contribution >= 0.6 is 27.5 Å². The molecule has 0 saturated carbocycles. The lowest BCUT2D eigenvalue weighted by molar-refractivity contribution is -0.619. The number of halogens is 2. The predicted molar refractivity (Wildman–Crippen MR) is 66.7 cm³/mol. The van der Waals surface area contributed by atoms with Crippen LogP contribution in [0.1, 0.15) is 5.82 Å². The van der Waals surface area contributed by atoms with E-state index in [4.69, 9.17) is 16.3 Å². The van der Waals surface area contributed by atoms with Gasteiger partial charge in [-0.1, -0.05) is 11.6 Å². The molecule has 0 fully saturated rings. The molecule has 0 aliphatic carbocycles. The summed E-state index contributed by atoms with van der Waals surface area (Å²) in [6.07, 6.45) is 2.92. The average Bonchev–Trinajstić information content (AvgIpc) is 2.30. The highest BCUT2D eigenvalue weighted by Gasteiger charge is 2.08. The van der Waals surface area contributed by atoms with Crippen molar-refractivity contribution in [1.82, 2.24) is 4.98 Å². The summed E-state index contributed by atoms with van der Waals surface area (Å²) >= 11 is 9.13. The van der Waals surface area contributed by atoms with E-state index in [2.05, 4.69) is 20.9 Å². The molecule has 0 saturated heterocycles. The van der Waals surface area contributed by atoms with Crippen molar-refractivity contribution in [2.24, 2.45) is 0 Å². The molecule has 0 aliphatic heterocycles. The number of ether oxygens (including phenoxy) is 1. The van der Waals surface area contributed by atoms with Crippen LogP contribution < -0.4 is 9.47 Å². The molecule has 2 rings (SSSR count). The molecule has 17 heavy (non-hydrogen) atoms. The van der Waals surface area contributed by atoms with Gasteiger partial charge in [0.1, 0.15) is 11.9 Å². The van der Waals surface area contributed by atoms with Gasteiger partial charge < -0.3 is 9.94 Å².